The molecule has 0 radical (unpaired) electrons. The number of nitrogens with two attached hydrogens (primary N) is 1. The van der Waals surface area contributed by atoms with E-state index >= 15 is 0 Å². The summed E-state index contributed by atoms with van der Waals surface area (Å²) in [6.07, 6.45) is 1.56. The van der Waals surface area contributed by atoms with Crippen LogP contribution in [0.2, 0.25) is 0 Å². The predicted molar refractivity (Wildman–Crippen MR) is 73.7 cm³/mol. The molecule has 2 aromatic rings. The molecule has 0 unspecified atom stereocenters. The Hall–Kier alpha value is -1.95. The van der Waals surface area contributed by atoms with Crippen LogP contribution in [-0.2, 0) is 6.61 Å². The molecule has 1 aromatic carbocycles. The third-order valence-corrected chi connectivity index (χ3v) is 3.01. The van der Waals surface area contributed by atoms with Crippen LogP contribution in [-0.4, -0.2) is 10.8 Å². The summed E-state index contributed by atoms with van der Waals surface area (Å²) in [5, 5.41) is 7.31. The van der Waals surface area contributed by atoms with Crippen LogP contribution < -0.4 is 10.5 Å². The molecule has 6 heteroatoms. The number of benzene rings is 1. The summed E-state index contributed by atoms with van der Waals surface area (Å²) in [6, 6.07) is 7.66. The maximum atomic E-state index is 12.9. The van der Waals surface area contributed by atoms with Gasteiger partial charge in [-0.05, 0) is 51.8 Å². The Labute approximate surface area is 118 Å². The van der Waals surface area contributed by atoms with Crippen molar-refractivity contribution in [2.24, 2.45) is 5.73 Å². The van der Waals surface area contributed by atoms with Crippen LogP contribution in [0.15, 0.2) is 41.0 Å². The van der Waals surface area contributed by atoms with E-state index in [4.69, 9.17) is 15.9 Å². The fourth-order valence-electron chi connectivity index (χ4n) is 1.46. The molecule has 3 N–H and O–H groups in total. The highest BCUT2D eigenvalue weighted by atomic mass is 79.9. The summed E-state index contributed by atoms with van der Waals surface area (Å²) in [5.74, 6) is 0.120. The van der Waals surface area contributed by atoms with Crippen LogP contribution in [0.4, 0.5) is 4.39 Å². The molecule has 98 valence electrons. The Morgan fingerprint density at radius 3 is 2.84 bits per heavy atom. The van der Waals surface area contributed by atoms with Crippen LogP contribution in [0.1, 0.15) is 11.3 Å². The monoisotopic (exact) mass is 323 g/mol. The van der Waals surface area contributed by atoms with E-state index in [1.165, 1.54) is 12.1 Å². The summed E-state index contributed by atoms with van der Waals surface area (Å²) >= 11 is 3.23. The molecule has 0 bridgehead atoms. The lowest BCUT2D eigenvalue weighted by Gasteiger charge is -2.08. The van der Waals surface area contributed by atoms with Gasteiger partial charge in [-0.1, -0.05) is 0 Å². The Balaban J connectivity index is 2.10. The second kappa shape index (κ2) is 5.79. The zero-order valence-corrected chi connectivity index (χ0v) is 11.4. The molecule has 2 rings (SSSR count). The maximum Gasteiger partial charge on any atom is 0.141 e. The maximum absolute atomic E-state index is 12.9. The van der Waals surface area contributed by atoms with Crippen LogP contribution in [0.5, 0.6) is 5.75 Å². The van der Waals surface area contributed by atoms with Crippen molar-refractivity contribution in [3.05, 3.63) is 58.1 Å². The zero-order valence-electron chi connectivity index (χ0n) is 9.86. The first kappa shape index (κ1) is 13.5. The standard InChI is InChI=1S/C13H11BrFN3O/c14-10-6-9(15)1-2-12(10)19-7-8-3-4-18-11(5-8)13(16)17/h1-6H,7H2,(H3,16,17). The Kier molecular flexibility index (Phi) is 4.11. The highest BCUT2D eigenvalue weighted by Crippen LogP contribution is 2.26. The number of halogens is 2. The fourth-order valence-corrected chi connectivity index (χ4v) is 1.93. The van der Waals surface area contributed by atoms with E-state index in [9.17, 15) is 4.39 Å². The van der Waals surface area contributed by atoms with E-state index in [1.54, 1.807) is 24.4 Å². The third-order valence-electron chi connectivity index (χ3n) is 2.39. The minimum atomic E-state index is -0.331. The van der Waals surface area contributed by atoms with Crippen LogP contribution in [0.3, 0.4) is 0 Å². The SMILES string of the molecule is N=C(N)c1cc(COc2ccc(F)cc2Br)ccn1. The van der Waals surface area contributed by atoms with Crippen molar-refractivity contribution in [1.29, 1.82) is 5.41 Å². The molecule has 1 aromatic heterocycles. The van der Waals surface area contributed by atoms with E-state index in [0.29, 0.717) is 15.9 Å². The summed E-state index contributed by atoms with van der Waals surface area (Å²) in [4.78, 5) is 3.96. The van der Waals surface area contributed by atoms with Gasteiger partial charge in [0.05, 0.1) is 4.47 Å². The van der Waals surface area contributed by atoms with Crippen molar-refractivity contribution in [1.82, 2.24) is 4.98 Å². The second-order valence-corrected chi connectivity index (χ2v) is 4.68. The van der Waals surface area contributed by atoms with Crippen molar-refractivity contribution in [3.8, 4) is 5.75 Å². The zero-order chi connectivity index (χ0) is 13.8. The molecule has 19 heavy (non-hydrogen) atoms. The van der Waals surface area contributed by atoms with Gasteiger partial charge < -0.3 is 10.5 Å². The number of rotatable bonds is 4. The van der Waals surface area contributed by atoms with E-state index in [0.717, 1.165) is 5.56 Å². The molecule has 0 spiro atoms. The van der Waals surface area contributed by atoms with Gasteiger partial charge in [-0.3, -0.25) is 10.4 Å². The first-order valence-corrected chi connectivity index (χ1v) is 6.23. The van der Waals surface area contributed by atoms with Gasteiger partial charge in [0, 0.05) is 6.20 Å². The summed E-state index contributed by atoms with van der Waals surface area (Å²) in [6.45, 7) is 0.285. The van der Waals surface area contributed by atoms with Crippen molar-refractivity contribution in [2.75, 3.05) is 0 Å². The average Bonchev–Trinajstić information content (AvgIpc) is 2.38. The molecule has 0 amide bonds. The first-order chi connectivity index (χ1) is 9.06. The smallest absolute Gasteiger partial charge is 0.141 e. The van der Waals surface area contributed by atoms with E-state index in [-0.39, 0.29) is 18.3 Å². The van der Waals surface area contributed by atoms with Gasteiger partial charge >= 0.3 is 0 Å². The number of pyridine rings is 1. The topological polar surface area (TPSA) is 72.0 Å². The largest absolute Gasteiger partial charge is 0.488 e. The highest BCUT2D eigenvalue weighted by Gasteiger charge is 2.04. The first-order valence-electron chi connectivity index (χ1n) is 5.43. The third kappa shape index (κ3) is 3.51. The molecule has 0 aliphatic heterocycles. The van der Waals surface area contributed by atoms with Gasteiger partial charge in [0.25, 0.3) is 0 Å². The molecule has 4 nitrogen and oxygen atoms in total. The van der Waals surface area contributed by atoms with Crippen molar-refractivity contribution >= 4 is 21.8 Å². The van der Waals surface area contributed by atoms with Crippen LogP contribution >= 0.6 is 15.9 Å². The van der Waals surface area contributed by atoms with E-state index in [1.807, 2.05) is 0 Å². The number of ether oxygens (including phenoxy) is 1. The number of hydrogen-bond acceptors (Lipinski definition) is 3. The summed E-state index contributed by atoms with van der Waals surface area (Å²) in [5.41, 5.74) is 6.59. The fraction of sp³-hybridized carbons (Fsp3) is 0.0769. The molecule has 0 atom stereocenters. The van der Waals surface area contributed by atoms with Gasteiger partial charge in [0.2, 0.25) is 0 Å². The summed E-state index contributed by atoms with van der Waals surface area (Å²) in [7, 11) is 0. The van der Waals surface area contributed by atoms with Crippen LogP contribution in [0, 0.1) is 11.2 Å². The molecule has 0 fully saturated rings. The lowest BCUT2D eigenvalue weighted by atomic mass is 10.2. The van der Waals surface area contributed by atoms with E-state index in [2.05, 4.69) is 20.9 Å². The normalized spacial score (nSPS) is 10.2. The predicted octanol–water partition coefficient (Wildman–Crippen LogP) is 2.85. The van der Waals surface area contributed by atoms with Crippen LogP contribution in [0.25, 0.3) is 0 Å². The molecular weight excluding hydrogens is 313 g/mol. The Morgan fingerprint density at radius 1 is 1.37 bits per heavy atom. The number of nitrogens with zero attached hydrogens (tertiary/aromatic N) is 1. The molecule has 0 aliphatic rings. The van der Waals surface area contributed by atoms with Crippen molar-refractivity contribution in [2.45, 2.75) is 6.61 Å². The molecular formula is C13H11BrFN3O. The number of amidine groups is 1. The number of nitrogen functional groups attached to an aromatic ring is 1. The lowest BCUT2D eigenvalue weighted by Crippen LogP contribution is -2.13. The average molecular weight is 324 g/mol. The van der Waals surface area contributed by atoms with Gasteiger partial charge in [-0.25, -0.2) is 4.39 Å². The number of nitrogens with one attached hydrogen (secondary N) is 1. The number of aromatic nitrogens is 1. The van der Waals surface area contributed by atoms with Gasteiger partial charge in [0.1, 0.15) is 29.7 Å². The lowest BCUT2D eigenvalue weighted by molar-refractivity contribution is 0.303. The summed E-state index contributed by atoms with van der Waals surface area (Å²) < 4.78 is 19.0. The molecule has 0 saturated heterocycles. The van der Waals surface area contributed by atoms with E-state index < -0.39 is 0 Å². The van der Waals surface area contributed by atoms with Gasteiger partial charge in [-0.2, -0.15) is 0 Å². The number of hydrogen-bond donors (Lipinski definition) is 2. The molecule has 0 aliphatic carbocycles. The minimum Gasteiger partial charge on any atom is -0.488 e. The minimum absolute atomic E-state index is 0.0928. The Bertz CT molecular complexity index is 619. The van der Waals surface area contributed by atoms with Gasteiger partial charge in [-0.15, -0.1) is 0 Å². The highest BCUT2D eigenvalue weighted by molar-refractivity contribution is 9.10. The van der Waals surface area contributed by atoms with Crippen molar-refractivity contribution in [3.63, 3.8) is 0 Å². The van der Waals surface area contributed by atoms with Crippen molar-refractivity contribution < 1.29 is 9.13 Å². The second-order valence-electron chi connectivity index (χ2n) is 3.83. The Morgan fingerprint density at radius 2 is 2.16 bits per heavy atom. The molecule has 1 heterocycles. The quantitative estimate of drug-likeness (QED) is 0.671. The van der Waals surface area contributed by atoms with Gasteiger partial charge in [0.15, 0.2) is 0 Å². The molecule has 0 saturated carbocycles.